The van der Waals surface area contributed by atoms with Gasteiger partial charge in [0.15, 0.2) is 0 Å². The molecular weight excluding hydrogens is 282 g/mol. The predicted octanol–water partition coefficient (Wildman–Crippen LogP) is 2.39. The van der Waals surface area contributed by atoms with E-state index >= 15 is 0 Å². The maximum absolute atomic E-state index is 4.23. The smallest absolute Gasteiger partial charge is 0.0963 e. The van der Waals surface area contributed by atoms with E-state index in [1.165, 1.54) is 0 Å². The van der Waals surface area contributed by atoms with Crippen LogP contribution in [0, 0.1) is 0 Å². The Labute approximate surface area is 109 Å². The van der Waals surface area contributed by atoms with Gasteiger partial charge in [0.1, 0.15) is 0 Å². The zero-order valence-electron chi connectivity index (χ0n) is 10.0. The average molecular weight is 298 g/mol. The van der Waals surface area contributed by atoms with Crippen molar-refractivity contribution in [2.45, 2.75) is 38.2 Å². The molecule has 0 saturated carbocycles. The van der Waals surface area contributed by atoms with E-state index in [0.717, 1.165) is 30.8 Å². The summed E-state index contributed by atoms with van der Waals surface area (Å²) in [6.07, 6.45) is 6.89. The van der Waals surface area contributed by atoms with Gasteiger partial charge in [0.05, 0.1) is 23.3 Å². The Morgan fingerprint density at radius 2 is 2.12 bits per heavy atom. The second-order valence-electron chi connectivity index (χ2n) is 3.92. The van der Waals surface area contributed by atoms with Crippen LogP contribution in [0.5, 0.6) is 0 Å². The largest absolute Gasteiger partial charge is 0.273 e. The topological polar surface area (TPSA) is 48.5 Å². The molecule has 0 amide bonds. The molecule has 1 unspecified atom stereocenters. The SMILES string of the molecule is CCC(Br)c1cn(Cc2cnn(CC)c2)nn1. The number of rotatable bonds is 5. The fourth-order valence-electron chi connectivity index (χ4n) is 1.59. The molecule has 0 saturated heterocycles. The highest BCUT2D eigenvalue weighted by Gasteiger charge is 2.09. The molecule has 2 aromatic heterocycles. The van der Waals surface area contributed by atoms with E-state index in [1.807, 2.05) is 28.0 Å². The molecule has 6 heteroatoms. The Morgan fingerprint density at radius 1 is 1.29 bits per heavy atom. The van der Waals surface area contributed by atoms with Gasteiger partial charge in [-0.25, -0.2) is 4.68 Å². The van der Waals surface area contributed by atoms with Gasteiger partial charge in [-0.2, -0.15) is 5.10 Å². The van der Waals surface area contributed by atoms with Crippen LogP contribution in [0.25, 0.3) is 0 Å². The summed E-state index contributed by atoms with van der Waals surface area (Å²) in [4.78, 5) is 0.287. The van der Waals surface area contributed by atoms with Crippen LogP contribution in [0.1, 0.15) is 36.4 Å². The van der Waals surface area contributed by atoms with Gasteiger partial charge in [-0.05, 0) is 13.3 Å². The van der Waals surface area contributed by atoms with Crippen molar-refractivity contribution in [3.63, 3.8) is 0 Å². The molecule has 17 heavy (non-hydrogen) atoms. The van der Waals surface area contributed by atoms with E-state index in [0.29, 0.717) is 0 Å². The molecule has 0 aliphatic heterocycles. The Bertz CT molecular complexity index is 476. The number of alkyl halides is 1. The lowest BCUT2D eigenvalue weighted by Crippen LogP contribution is -1.99. The summed E-state index contributed by atoms with van der Waals surface area (Å²) in [7, 11) is 0. The zero-order valence-corrected chi connectivity index (χ0v) is 11.6. The summed E-state index contributed by atoms with van der Waals surface area (Å²) in [6, 6.07) is 0. The summed E-state index contributed by atoms with van der Waals surface area (Å²) >= 11 is 3.57. The molecule has 2 aromatic rings. The summed E-state index contributed by atoms with van der Waals surface area (Å²) < 4.78 is 3.75. The van der Waals surface area contributed by atoms with Gasteiger partial charge >= 0.3 is 0 Å². The number of aromatic nitrogens is 5. The molecule has 0 aliphatic carbocycles. The van der Waals surface area contributed by atoms with Gasteiger partial charge in [-0.3, -0.25) is 4.68 Å². The lowest BCUT2D eigenvalue weighted by Gasteiger charge is -1.99. The first-order chi connectivity index (χ1) is 8.22. The van der Waals surface area contributed by atoms with E-state index in [9.17, 15) is 0 Å². The van der Waals surface area contributed by atoms with Crippen molar-refractivity contribution in [1.29, 1.82) is 0 Å². The summed E-state index contributed by atoms with van der Waals surface area (Å²) in [6.45, 7) is 5.79. The lowest BCUT2D eigenvalue weighted by atomic mass is 10.3. The maximum Gasteiger partial charge on any atom is 0.0963 e. The molecule has 1 atom stereocenters. The number of hydrogen-bond donors (Lipinski definition) is 0. The van der Waals surface area contributed by atoms with Crippen LogP contribution in [-0.2, 0) is 13.1 Å². The fourth-order valence-corrected chi connectivity index (χ4v) is 1.80. The van der Waals surface area contributed by atoms with Crippen molar-refractivity contribution >= 4 is 15.9 Å². The molecule has 0 fully saturated rings. The highest BCUT2D eigenvalue weighted by molar-refractivity contribution is 9.09. The fraction of sp³-hybridized carbons (Fsp3) is 0.545. The molecule has 0 aromatic carbocycles. The van der Waals surface area contributed by atoms with Gasteiger partial charge < -0.3 is 0 Å². The van der Waals surface area contributed by atoms with Gasteiger partial charge in [0.2, 0.25) is 0 Å². The summed E-state index contributed by atoms with van der Waals surface area (Å²) in [5, 5.41) is 12.5. The monoisotopic (exact) mass is 297 g/mol. The third-order valence-electron chi connectivity index (χ3n) is 2.59. The van der Waals surface area contributed by atoms with Crippen molar-refractivity contribution in [3.8, 4) is 0 Å². The molecule has 0 spiro atoms. The molecule has 0 radical (unpaired) electrons. The number of halogens is 1. The minimum atomic E-state index is 0.287. The number of aryl methyl sites for hydroxylation is 1. The Morgan fingerprint density at radius 3 is 2.76 bits per heavy atom. The van der Waals surface area contributed by atoms with Crippen LogP contribution in [0.2, 0.25) is 0 Å². The van der Waals surface area contributed by atoms with Crippen molar-refractivity contribution in [2.75, 3.05) is 0 Å². The third kappa shape index (κ3) is 2.94. The van der Waals surface area contributed by atoms with Crippen LogP contribution >= 0.6 is 15.9 Å². The van der Waals surface area contributed by atoms with Crippen LogP contribution in [0.15, 0.2) is 18.6 Å². The van der Waals surface area contributed by atoms with E-state index in [-0.39, 0.29) is 4.83 Å². The highest BCUT2D eigenvalue weighted by Crippen LogP contribution is 2.23. The first kappa shape index (κ1) is 12.3. The molecule has 0 N–H and O–H groups in total. The molecular formula is C11H16BrN5. The van der Waals surface area contributed by atoms with E-state index in [2.05, 4.69) is 45.2 Å². The van der Waals surface area contributed by atoms with Gasteiger partial charge in [0.25, 0.3) is 0 Å². The van der Waals surface area contributed by atoms with Gasteiger partial charge in [0, 0.05) is 24.5 Å². The number of nitrogens with zero attached hydrogens (tertiary/aromatic N) is 5. The Balaban J connectivity index is 2.06. The summed E-state index contributed by atoms with van der Waals surface area (Å²) in [5.41, 5.74) is 2.13. The number of hydrogen-bond acceptors (Lipinski definition) is 3. The minimum Gasteiger partial charge on any atom is -0.273 e. The first-order valence-electron chi connectivity index (χ1n) is 5.78. The van der Waals surface area contributed by atoms with Crippen molar-refractivity contribution in [3.05, 3.63) is 29.8 Å². The normalized spacial score (nSPS) is 12.9. The van der Waals surface area contributed by atoms with Crippen molar-refractivity contribution in [1.82, 2.24) is 24.8 Å². The summed E-state index contributed by atoms with van der Waals surface area (Å²) in [5.74, 6) is 0. The van der Waals surface area contributed by atoms with Crippen LogP contribution < -0.4 is 0 Å². The molecule has 5 nitrogen and oxygen atoms in total. The zero-order chi connectivity index (χ0) is 12.3. The molecule has 2 rings (SSSR count). The molecule has 2 heterocycles. The molecule has 0 aliphatic rings. The van der Waals surface area contributed by atoms with Gasteiger partial charge in [-0.1, -0.05) is 28.1 Å². The maximum atomic E-state index is 4.23. The molecule has 92 valence electrons. The predicted molar refractivity (Wildman–Crippen MR) is 69.0 cm³/mol. The van der Waals surface area contributed by atoms with Gasteiger partial charge in [-0.15, -0.1) is 5.10 Å². The standard InChI is InChI=1S/C11H16BrN5/c1-3-10(12)11-8-17(15-14-11)7-9-5-13-16(4-2)6-9/h5-6,8,10H,3-4,7H2,1-2H3. The van der Waals surface area contributed by atoms with Crippen LogP contribution in [0.4, 0.5) is 0 Å². The van der Waals surface area contributed by atoms with Crippen LogP contribution in [0.3, 0.4) is 0 Å². The quantitative estimate of drug-likeness (QED) is 0.796. The van der Waals surface area contributed by atoms with Crippen LogP contribution in [-0.4, -0.2) is 24.8 Å². The Hall–Kier alpha value is -1.17. The average Bonchev–Trinajstić information content (AvgIpc) is 2.97. The lowest BCUT2D eigenvalue weighted by molar-refractivity contribution is 0.641. The highest BCUT2D eigenvalue weighted by atomic mass is 79.9. The first-order valence-corrected chi connectivity index (χ1v) is 6.70. The van der Waals surface area contributed by atoms with Crippen molar-refractivity contribution < 1.29 is 0 Å². The van der Waals surface area contributed by atoms with Crippen molar-refractivity contribution in [2.24, 2.45) is 0 Å². The van der Waals surface area contributed by atoms with E-state index in [4.69, 9.17) is 0 Å². The Kier molecular flexibility index (Phi) is 3.93. The second-order valence-corrected chi connectivity index (χ2v) is 5.03. The third-order valence-corrected chi connectivity index (χ3v) is 3.71. The van der Waals surface area contributed by atoms with E-state index in [1.54, 1.807) is 0 Å². The second kappa shape index (κ2) is 5.44. The minimum absolute atomic E-state index is 0.287. The van der Waals surface area contributed by atoms with E-state index < -0.39 is 0 Å². The molecule has 0 bridgehead atoms.